The fourth-order valence-corrected chi connectivity index (χ4v) is 3.95. The summed E-state index contributed by atoms with van der Waals surface area (Å²) in [5.41, 5.74) is 0.0181. The summed E-state index contributed by atoms with van der Waals surface area (Å²) in [6.07, 6.45) is 3.66. The first-order valence-corrected chi connectivity index (χ1v) is 9.24. The van der Waals surface area contributed by atoms with Crippen molar-refractivity contribution in [1.29, 1.82) is 0 Å². The molecular formula is C15H21Cl2NO5S. The second-order valence-corrected chi connectivity index (χ2v) is 7.16. The van der Waals surface area contributed by atoms with Crippen LogP contribution in [0.3, 0.4) is 0 Å². The summed E-state index contributed by atoms with van der Waals surface area (Å²) in [4.78, 5) is 22.4. The van der Waals surface area contributed by atoms with Crippen molar-refractivity contribution < 1.29 is 24.2 Å². The number of thioether (sulfide) groups is 1. The molecule has 0 radical (unpaired) electrons. The summed E-state index contributed by atoms with van der Waals surface area (Å²) in [5.74, 6) is -2.81. The lowest BCUT2D eigenvalue weighted by Gasteiger charge is -2.40. The van der Waals surface area contributed by atoms with E-state index in [0.717, 1.165) is 0 Å². The Labute approximate surface area is 155 Å². The number of carbonyl (C=O) groups excluding carboxylic acids is 1. The smallest absolute Gasteiger partial charge is 0.326 e. The Morgan fingerprint density at radius 2 is 2.08 bits per heavy atom. The van der Waals surface area contributed by atoms with Gasteiger partial charge in [0, 0.05) is 14.2 Å². The van der Waals surface area contributed by atoms with Crippen LogP contribution in [-0.4, -0.2) is 59.8 Å². The molecule has 0 aromatic heterocycles. The zero-order valence-corrected chi connectivity index (χ0v) is 16.1. The molecule has 136 valence electrons. The van der Waals surface area contributed by atoms with Crippen molar-refractivity contribution in [1.82, 2.24) is 5.32 Å². The Morgan fingerprint density at radius 1 is 1.50 bits per heavy atom. The third kappa shape index (κ3) is 3.46. The number of hydrogen-bond donors (Lipinski definition) is 2. The highest BCUT2D eigenvalue weighted by Crippen LogP contribution is 2.50. The maximum atomic E-state index is 12.6. The van der Waals surface area contributed by atoms with Crippen LogP contribution in [0.25, 0.3) is 0 Å². The number of ketones is 1. The molecule has 1 aliphatic rings. The van der Waals surface area contributed by atoms with Crippen molar-refractivity contribution >= 4 is 46.7 Å². The second-order valence-electron chi connectivity index (χ2n) is 5.15. The molecule has 0 aromatic carbocycles. The van der Waals surface area contributed by atoms with E-state index in [1.165, 1.54) is 32.1 Å². The molecule has 0 bridgehead atoms. The van der Waals surface area contributed by atoms with Gasteiger partial charge in [-0.15, -0.1) is 18.2 Å². The van der Waals surface area contributed by atoms with Crippen LogP contribution in [0.4, 0.5) is 0 Å². The predicted molar refractivity (Wildman–Crippen MR) is 95.6 cm³/mol. The van der Waals surface area contributed by atoms with Gasteiger partial charge >= 0.3 is 5.97 Å². The monoisotopic (exact) mass is 397 g/mol. The predicted octanol–water partition coefficient (Wildman–Crippen LogP) is 2.36. The lowest BCUT2D eigenvalue weighted by atomic mass is 9.93. The van der Waals surface area contributed by atoms with Gasteiger partial charge in [0.2, 0.25) is 11.6 Å². The first kappa shape index (κ1) is 21.3. The number of hydrogen-bond acceptors (Lipinski definition) is 6. The van der Waals surface area contributed by atoms with Crippen LogP contribution >= 0.6 is 35.0 Å². The number of allylic oxidation sites excluding steroid dienone is 2. The van der Waals surface area contributed by atoms with Crippen molar-refractivity contribution in [3.63, 3.8) is 0 Å². The van der Waals surface area contributed by atoms with E-state index >= 15 is 0 Å². The molecule has 1 rings (SSSR count). The van der Waals surface area contributed by atoms with Crippen LogP contribution < -0.4 is 5.32 Å². The van der Waals surface area contributed by atoms with Gasteiger partial charge in [-0.25, -0.2) is 4.79 Å². The van der Waals surface area contributed by atoms with E-state index in [9.17, 15) is 14.7 Å². The van der Waals surface area contributed by atoms with Crippen LogP contribution in [0.2, 0.25) is 0 Å². The molecule has 2 N–H and O–H groups in total. The minimum Gasteiger partial charge on any atom is -0.480 e. The topological polar surface area (TPSA) is 84.9 Å². The fraction of sp³-hybridized carbons (Fsp3) is 0.600. The highest BCUT2D eigenvalue weighted by Gasteiger charge is 2.66. The number of alkyl halides is 1. The number of carboxylic acid groups (broad SMARTS) is 1. The van der Waals surface area contributed by atoms with E-state index in [1.807, 2.05) is 6.26 Å². The first-order chi connectivity index (χ1) is 11.3. The number of rotatable bonds is 10. The van der Waals surface area contributed by atoms with Gasteiger partial charge in [0.1, 0.15) is 11.1 Å². The maximum absolute atomic E-state index is 12.6. The Morgan fingerprint density at radius 3 is 2.50 bits per heavy atom. The Balaban J connectivity index is 3.34. The summed E-state index contributed by atoms with van der Waals surface area (Å²) < 4.78 is 10.9. The molecule has 24 heavy (non-hydrogen) atoms. The zero-order valence-electron chi connectivity index (χ0n) is 13.7. The van der Waals surface area contributed by atoms with Crippen LogP contribution in [0.15, 0.2) is 23.4 Å². The molecule has 0 spiro atoms. The van der Waals surface area contributed by atoms with Crippen molar-refractivity contribution in [3.8, 4) is 0 Å². The van der Waals surface area contributed by atoms with Gasteiger partial charge in [0.05, 0.1) is 5.70 Å². The van der Waals surface area contributed by atoms with Crippen LogP contribution in [0, 0.1) is 0 Å². The Hall–Kier alpha value is -0.730. The number of aliphatic carboxylic acids is 1. The van der Waals surface area contributed by atoms with Gasteiger partial charge in [-0.3, -0.25) is 4.79 Å². The average Bonchev–Trinajstić information content (AvgIpc) is 2.70. The standard InChI is InChI=1S/C15H21Cl2NO5S/c1-5-7-14(17)12(19)10(16)11(15(14,22-2)23-3)18-9(13(20)21)6-8-24-4/h5,9,18H,1,6-8H2,2-4H3,(H,20,21)/t9-,14+/m0/s1. The molecule has 0 aromatic rings. The van der Waals surface area contributed by atoms with Gasteiger partial charge in [0.25, 0.3) is 0 Å². The SMILES string of the molecule is C=CC[C@@]1(Cl)C(=O)C(Cl)=C(N[C@@H](CCSC)C(=O)O)C1(OC)OC. The van der Waals surface area contributed by atoms with Crippen molar-refractivity contribution in [2.75, 3.05) is 26.2 Å². The summed E-state index contributed by atoms with van der Waals surface area (Å²) >= 11 is 14.2. The first-order valence-electron chi connectivity index (χ1n) is 7.09. The molecule has 0 saturated heterocycles. The molecule has 0 fully saturated rings. The number of Topliss-reactive ketones (excluding diaryl/α,β-unsaturated/α-hetero) is 1. The molecule has 0 unspecified atom stereocenters. The number of carboxylic acids is 1. The van der Waals surface area contributed by atoms with Crippen LogP contribution in [0.1, 0.15) is 12.8 Å². The van der Waals surface area contributed by atoms with Crippen LogP contribution in [0.5, 0.6) is 0 Å². The number of ether oxygens (including phenoxy) is 2. The van der Waals surface area contributed by atoms with Gasteiger partial charge in [-0.1, -0.05) is 17.7 Å². The number of halogens is 2. The molecule has 0 heterocycles. The molecule has 6 nitrogen and oxygen atoms in total. The lowest BCUT2D eigenvalue weighted by Crippen LogP contribution is -2.57. The van der Waals surface area contributed by atoms with E-state index in [-0.39, 0.29) is 17.2 Å². The fourth-order valence-electron chi connectivity index (χ4n) is 2.64. The minimum atomic E-state index is -1.73. The van der Waals surface area contributed by atoms with E-state index < -0.39 is 28.5 Å². The maximum Gasteiger partial charge on any atom is 0.326 e. The van der Waals surface area contributed by atoms with Crippen LogP contribution in [-0.2, 0) is 19.1 Å². The average molecular weight is 398 g/mol. The number of carbonyl (C=O) groups is 2. The second kappa shape index (κ2) is 8.58. The summed E-state index contributed by atoms with van der Waals surface area (Å²) in [5, 5.41) is 12.0. The van der Waals surface area contributed by atoms with E-state index in [2.05, 4.69) is 11.9 Å². The van der Waals surface area contributed by atoms with Gasteiger partial charge in [-0.05, 0) is 24.9 Å². The van der Waals surface area contributed by atoms with Crippen molar-refractivity contribution in [3.05, 3.63) is 23.4 Å². The Kier molecular flexibility index (Phi) is 7.62. The van der Waals surface area contributed by atoms with Crippen molar-refractivity contribution in [2.24, 2.45) is 0 Å². The van der Waals surface area contributed by atoms with Crippen molar-refractivity contribution in [2.45, 2.75) is 29.5 Å². The molecule has 0 aliphatic heterocycles. The lowest BCUT2D eigenvalue weighted by molar-refractivity contribution is -0.199. The largest absolute Gasteiger partial charge is 0.480 e. The summed E-state index contributed by atoms with van der Waals surface area (Å²) in [7, 11) is 2.62. The normalized spacial score (nSPS) is 24.1. The molecule has 2 atom stereocenters. The number of nitrogens with one attached hydrogen (secondary N) is 1. The van der Waals surface area contributed by atoms with E-state index in [0.29, 0.717) is 12.2 Å². The molecule has 1 aliphatic carbocycles. The molecular weight excluding hydrogens is 377 g/mol. The van der Waals surface area contributed by atoms with Gasteiger partial charge in [-0.2, -0.15) is 11.8 Å². The van der Waals surface area contributed by atoms with Gasteiger partial charge in [0.15, 0.2) is 4.87 Å². The quantitative estimate of drug-likeness (QED) is 0.332. The third-order valence-corrected chi connectivity index (χ3v) is 5.44. The van der Waals surface area contributed by atoms with E-state index in [1.54, 1.807) is 0 Å². The summed E-state index contributed by atoms with van der Waals surface area (Å²) in [6, 6.07) is -0.971. The summed E-state index contributed by atoms with van der Waals surface area (Å²) in [6.45, 7) is 3.59. The Bertz CT molecular complexity index is 550. The van der Waals surface area contributed by atoms with E-state index in [4.69, 9.17) is 32.7 Å². The number of methoxy groups -OCH3 is 2. The highest BCUT2D eigenvalue weighted by molar-refractivity contribution is 7.98. The highest BCUT2D eigenvalue weighted by atomic mass is 35.5. The zero-order chi connectivity index (χ0) is 18.5. The molecule has 0 saturated carbocycles. The molecule has 9 heteroatoms. The minimum absolute atomic E-state index is 0.0181. The molecule has 0 amide bonds. The van der Waals surface area contributed by atoms with Gasteiger partial charge < -0.3 is 19.9 Å². The third-order valence-electron chi connectivity index (χ3n) is 3.86.